The zero-order chi connectivity index (χ0) is 18.1. The number of halogens is 1. The molecule has 2 nitrogen and oxygen atoms in total. The molecule has 26 heavy (non-hydrogen) atoms. The van der Waals surface area contributed by atoms with Crippen LogP contribution in [0.5, 0.6) is 0 Å². The molecule has 3 heteroatoms. The summed E-state index contributed by atoms with van der Waals surface area (Å²) in [5.74, 6) is -0.127. The van der Waals surface area contributed by atoms with Crippen LogP contribution in [0.1, 0.15) is 40.4 Å². The molecule has 0 fully saturated rings. The van der Waals surface area contributed by atoms with Gasteiger partial charge in [0.2, 0.25) is 0 Å². The molecule has 134 valence electrons. The summed E-state index contributed by atoms with van der Waals surface area (Å²) in [6.07, 6.45) is 3.18. The zero-order valence-electron chi connectivity index (χ0n) is 15.5. The summed E-state index contributed by atoms with van der Waals surface area (Å²) in [5.41, 5.74) is 5.79. The average Bonchev–Trinajstić information content (AvgIpc) is 2.97. The van der Waals surface area contributed by atoms with E-state index in [9.17, 15) is 4.39 Å². The van der Waals surface area contributed by atoms with Gasteiger partial charge in [0.15, 0.2) is 0 Å². The number of aromatic nitrogens is 1. The molecule has 1 aliphatic heterocycles. The van der Waals surface area contributed by atoms with Crippen LogP contribution in [-0.4, -0.2) is 16.0 Å². The van der Waals surface area contributed by atoms with Crippen molar-refractivity contribution in [1.82, 2.24) is 9.47 Å². The van der Waals surface area contributed by atoms with E-state index in [2.05, 4.69) is 59.8 Å². The van der Waals surface area contributed by atoms with E-state index in [-0.39, 0.29) is 11.9 Å². The van der Waals surface area contributed by atoms with Gasteiger partial charge in [0, 0.05) is 37.1 Å². The van der Waals surface area contributed by atoms with Gasteiger partial charge in [0.05, 0.1) is 6.04 Å². The monoisotopic (exact) mass is 348 g/mol. The molecule has 0 N–H and O–H groups in total. The molecular weight excluding hydrogens is 323 g/mol. The van der Waals surface area contributed by atoms with E-state index in [0.29, 0.717) is 0 Å². The van der Waals surface area contributed by atoms with Crippen LogP contribution in [0.3, 0.4) is 0 Å². The Labute approximate surface area is 154 Å². The van der Waals surface area contributed by atoms with Crippen LogP contribution in [0.25, 0.3) is 0 Å². The Balaban J connectivity index is 1.77. The molecule has 3 aromatic rings. The van der Waals surface area contributed by atoms with Gasteiger partial charge in [-0.25, -0.2) is 4.39 Å². The van der Waals surface area contributed by atoms with Gasteiger partial charge in [0.25, 0.3) is 0 Å². The fourth-order valence-electron chi connectivity index (χ4n) is 4.26. The minimum absolute atomic E-state index is 0.0606. The fourth-order valence-corrected chi connectivity index (χ4v) is 4.26. The molecule has 0 unspecified atom stereocenters. The Hall–Kier alpha value is -2.39. The molecule has 1 aromatic heterocycles. The van der Waals surface area contributed by atoms with E-state index >= 15 is 0 Å². The second-order valence-corrected chi connectivity index (χ2v) is 7.37. The maximum absolute atomic E-state index is 14.7. The summed E-state index contributed by atoms with van der Waals surface area (Å²) in [4.78, 5) is 2.42. The molecular formula is C23H25FN2. The van der Waals surface area contributed by atoms with Gasteiger partial charge in [-0.2, -0.15) is 0 Å². The quantitative estimate of drug-likeness (QED) is 0.628. The molecule has 0 aliphatic carbocycles. The van der Waals surface area contributed by atoms with Crippen molar-refractivity contribution in [2.45, 2.75) is 39.4 Å². The highest BCUT2D eigenvalue weighted by molar-refractivity contribution is 5.33. The second kappa shape index (κ2) is 7.08. The first-order chi connectivity index (χ1) is 12.6. The maximum atomic E-state index is 14.7. The number of hydrogen-bond acceptors (Lipinski definition) is 1. The molecule has 0 saturated heterocycles. The van der Waals surface area contributed by atoms with Crippen LogP contribution < -0.4 is 0 Å². The molecule has 2 aromatic carbocycles. The van der Waals surface area contributed by atoms with Crippen molar-refractivity contribution in [3.63, 3.8) is 0 Å². The van der Waals surface area contributed by atoms with E-state index < -0.39 is 0 Å². The Morgan fingerprint density at radius 3 is 2.50 bits per heavy atom. The van der Waals surface area contributed by atoms with Crippen LogP contribution in [-0.2, 0) is 13.1 Å². The second-order valence-electron chi connectivity index (χ2n) is 7.37. The van der Waals surface area contributed by atoms with Crippen LogP contribution in [0.2, 0.25) is 0 Å². The van der Waals surface area contributed by atoms with E-state index in [1.807, 2.05) is 12.1 Å². The van der Waals surface area contributed by atoms with Crippen molar-refractivity contribution in [3.05, 3.63) is 94.6 Å². The Morgan fingerprint density at radius 1 is 0.962 bits per heavy atom. The number of rotatable bonds is 3. The first-order valence-corrected chi connectivity index (χ1v) is 9.32. The Bertz CT molecular complexity index is 892. The van der Waals surface area contributed by atoms with Crippen molar-refractivity contribution >= 4 is 0 Å². The normalized spacial score (nSPS) is 17.7. The maximum Gasteiger partial charge on any atom is 0.128 e. The van der Waals surface area contributed by atoms with Gasteiger partial charge in [-0.3, -0.25) is 4.90 Å². The largest absolute Gasteiger partial charge is 0.350 e. The molecule has 1 aliphatic rings. The van der Waals surface area contributed by atoms with E-state index in [1.54, 1.807) is 12.1 Å². The van der Waals surface area contributed by atoms with E-state index in [4.69, 9.17) is 0 Å². The summed E-state index contributed by atoms with van der Waals surface area (Å²) in [6, 6.07) is 18.0. The molecule has 4 rings (SSSR count). The number of hydrogen-bond donors (Lipinski definition) is 0. The number of aryl methyl sites for hydroxylation is 3. The van der Waals surface area contributed by atoms with Gasteiger partial charge < -0.3 is 4.57 Å². The van der Waals surface area contributed by atoms with E-state index in [0.717, 1.165) is 31.6 Å². The van der Waals surface area contributed by atoms with Gasteiger partial charge in [-0.05, 0) is 44.0 Å². The van der Waals surface area contributed by atoms with Crippen molar-refractivity contribution in [2.75, 3.05) is 6.54 Å². The third kappa shape index (κ3) is 3.32. The first-order valence-electron chi connectivity index (χ1n) is 9.32. The summed E-state index contributed by atoms with van der Waals surface area (Å²) < 4.78 is 17.0. The lowest BCUT2D eigenvalue weighted by molar-refractivity contribution is 0.216. The lowest BCUT2D eigenvalue weighted by Crippen LogP contribution is -2.30. The minimum Gasteiger partial charge on any atom is -0.350 e. The summed E-state index contributed by atoms with van der Waals surface area (Å²) >= 11 is 0. The predicted octanol–water partition coefficient (Wildman–Crippen LogP) is 5.24. The highest BCUT2D eigenvalue weighted by Gasteiger charge is 2.29. The summed E-state index contributed by atoms with van der Waals surface area (Å²) in [7, 11) is 0. The third-order valence-electron chi connectivity index (χ3n) is 5.22. The van der Waals surface area contributed by atoms with Crippen molar-refractivity contribution in [1.29, 1.82) is 0 Å². The van der Waals surface area contributed by atoms with Gasteiger partial charge in [0.1, 0.15) is 5.82 Å². The molecule has 0 saturated carbocycles. The lowest BCUT2D eigenvalue weighted by atomic mass is 9.99. The molecule has 0 radical (unpaired) electrons. The predicted molar refractivity (Wildman–Crippen MR) is 104 cm³/mol. The van der Waals surface area contributed by atoms with Gasteiger partial charge in [-0.15, -0.1) is 0 Å². The highest BCUT2D eigenvalue weighted by atomic mass is 19.1. The number of benzene rings is 2. The number of nitrogens with zero attached hydrogens (tertiary/aromatic N) is 2. The highest BCUT2D eigenvalue weighted by Crippen LogP contribution is 2.34. The Morgan fingerprint density at radius 2 is 1.73 bits per heavy atom. The Kier molecular flexibility index (Phi) is 4.64. The van der Waals surface area contributed by atoms with Crippen molar-refractivity contribution in [3.8, 4) is 0 Å². The van der Waals surface area contributed by atoms with Crippen LogP contribution in [0.15, 0.2) is 60.8 Å². The van der Waals surface area contributed by atoms with Crippen LogP contribution in [0, 0.1) is 19.7 Å². The van der Waals surface area contributed by atoms with Crippen molar-refractivity contribution < 1.29 is 4.39 Å². The van der Waals surface area contributed by atoms with Crippen LogP contribution in [0.4, 0.5) is 4.39 Å². The topological polar surface area (TPSA) is 8.17 Å². The molecule has 1 atom stereocenters. The standard InChI is InChI=1S/C23H25FN2/c1-17-13-18(2)15-19(14-17)16-26-12-6-11-25-10-5-9-22(25)23(26)20-7-3-4-8-21(20)24/h3-5,7-10,13-15,23H,6,11-12,16H2,1-2H3/t23-/m1/s1. The number of fused-ring (bicyclic) bond motifs is 1. The third-order valence-corrected chi connectivity index (χ3v) is 5.22. The van der Waals surface area contributed by atoms with Crippen molar-refractivity contribution in [2.24, 2.45) is 0 Å². The molecule has 0 spiro atoms. The fraction of sp³-hybridized carbons (Fsp3) is 0.304. The molecule has 2 heterocycles. The lowest BCUT2D eigenvalue weighted by Gasteiger charge is -2.31. The average molecular weight is 348 g/mol. The van der Waals surface area contributed by atoms with E-state index in [1.165, 1.54) is 22.4 Å². The first kappa shape index (κ1) is 17.0. The van der Waals surface area contributed by atoms with Gasteiger partial charge >= 0.3 is 0 Å². The minimum atomic E-state index is -0.127. The smallest absolute Gasteiger partial charge is 0.128 e. The van der Waals surface area contributed by atoms with Crippen LogP contribution >= 0.6 is 0 Å². The summed E-state index contributed by atoms with van der Waals surface area (Å²) in [6.45, 7) is 7.04. The zero-order valence-corrected chi connectivity index (χ0v) is 15.5. The molecule has 0 bridgehead atoms. The SMILES string of the molecule is Cc1cc(C)cc(CN2CCCn3cccc3[C@H]2c2ccccc2F)c1. The summed E-state index contributed by atoms with van der Waals surface area (Å²) in [5, 5.41) is 0. The molecule has 0 amide bonds. The van der Waals surface area contributed by atoms with Gasteiger partial charge in [-0.1, -0.05) is 47.5 Å².